The molecule has 226 valence electrons. The number of nitrogens with one attached hydrogen (secondary N) is 1. The largest absolute Gasteiger partial charge is 0.463 e. The van der Waals surface area contributed by atoms with Crippen LogP contribution in [0.3, 0.4) is 0 Å². The molecule has 3 fully saturated rings. The minimum Gasteiger partial charge on any atom is -0.463 e. The topological polar surface area (TPSA) is 100 Å². The van der Waals surface area contributed by atoms with Crippen LogP contribution in [-0.4, -0.2) is 87.6 Å². The fourth-order valence-corrected chi connectivity index (χ4v) is 7.79. The predicted octanol–water partition coefficient (Wildman–Crippen LogP) is 5.16. The summed E-state index contributed by atoms with van der Waals surface area (Å²) in [6.07, 6.45) is 10.4. The van der Waals surface area contributed by atoms with Crippen LogP contribution in [-0.2, 0) is 20.7 Å². The number of carbonyl (C=O) groups is 2. The number of piperazine rings is 1. The number of hydrogen-bond donors (Lipinski definition) is 1. The summed E-state index contributed by atoms with van der Waals surface area (Å²) < 4.78 is 5.78. The number of likely N-dealkylation sites (N-methyl/N-ethyl adjacent to an activating group) is 1. The van der Waals surface area contributed by atoms with Crippen molar-refractivity contribution in [2.75, 3.05) is 45.2 Å². The van der Waals surface area contributed by atoms with Crippen molar-refractivity contribution in [1.29, 1.82) is 0 Å². The Morgan fingerprint density at radius 3 is 2.53 bits per heavy atom. The van der Waals surface area contributed by atoms with Gasteiger partial charge in [-0.05, 0) is 62.0 Å². The van der Waals surface area contributed by atoms with Crippen LogP contribution in [0.4, 0.5) is 11.5 Å². The third kappa shape index (κ3) is 5.60. The standard InChI is InChI=1S/C33H39BrN6O3/c1-3-43-31(42)33(40-19-17-39(2)18-20-40,38-28-27(34)29(41)32(28)13-5-4-6-14-32)21-23-7-9-25(10-8-23)37-30-26-22-35-15-11-24(26)12-16-36-30/h7-12,15-16,22,27H,3-6,13-14,17-21H2,1-2H3,(H,36,37)/t27?,33-/m0/s1. The van der Waals surface area contributed by atoms with Gasteiger partial charge < -0.3 is 15.0 Å². The van der Waals surface area contributed by atoms with E-state index in [1.54, 1.807) is 12.4 Å². The van der Waals surface area contributed by atoms with Gasteiger partial charge in [0.15, 0.2) is 5.78 Å². The number of ketones is 1. The fourth-order valence-electron chi connectivity index (χ4n) is 6.81. The molecule has 2 atom stereocenters. The molecule has 0 radical (unpaired) electrons. The lowest BCUT2D eigenvalue weighted by Gasteiger charge is -2.50. The Hall–Kier alpha value is -3.21. The highest BCUT2D eigenvalue weighted by Crippen LogP contribution is 2.50. The average Bonchev–Trinajstić information content (AvgIpc) is 3.04. The molecule has 1 aromatic carbocycles. The molecule has 3 heterocycles. The highest BCUT2D eigenvalue weighted by atomic mass is 79.9. The van der Waals surface area contributed by atoms with Crippen LogP contribution < -0.4 is 5.32 Å². The third-order valence-electron chi connectivity index (χ3n) is 9.31. The second-order valence-corrected chi connectivity index (χ2v) is 12.9. The van der Waals surface area contributed by atoms with E-state index in [2.05, 4.69) is 48.1 Å². The molecular weight excluding hydrogens is 608 g/mol. The van der Waals surface area contributed by atoms with Crippen molar-refractivity contribution >= 4 is 55.7 Å². The second-order valence-electron chi connectivity index (χ2n) is 11.9. The van der Waals surface area contributed by atoms with Gasteiger partial charge in [-0.2, -0.15) is 0 Å². The van der Waals surface area contributed by atoms with Crippen LogP contribution in [0.15, 0.2) is 60.0 Å². The summed E-state index contributed by atoms with van der Waals surface area (Å²) in [7, 11) is 2.10. The molecule has 10 heteroatoms. The summed E-state index contributed by atoms with van der Waals surface area (Å²) in [6, 6.07) is 12.0. The number of esters is 1. The first-order valence-corrected chi connectivity index (χ1v) is 16.2. The number of nitrogens with zero attached hydrogens (tertiary/aromatic N) is 5. The van der Waals surface area contributed by atoms with Crippen molar-refractivity contribution in [2.24, 2.45) is 10.4 Å². The number of aromatic nitrogens is 2. The average molecular weight is 648 g/mol. The number of pyridine rings is 2. The van der Waals surface area contributed by atoms with Crippen LogP contribution in [0, 0.1) is 5.41 Å². The molecule has 3 aliphatic rings. The highest BCUT2D eigenvalue weighted by molar-refractivity contribution is 9.10. The van der Waals surface area contributed by atoms with E-state index in [9.17, 15) is 9.59 Å². The molecule has 6 rings (SSSR count). The van der Waals surface area contributed by atoms with Crippen LogP contribution in [0.1, 0.15) is 44.6 Å². The molecule has 1 N–H and O–H groups in total. The molecule has 0 amide bonds. The van der Waals surface area contributed by atoms with E-state index in [1.165, 1.54) is 0 Å². The Bertz CT molecular complexity index is 1510. The number of aliphatic imine (C=N–C) groups is 1. The van der Waals surface area contributed by atoms with Crippen molar-refractivity contribution < 1.29 is 14.3 Å². The molecule has 2 aliphatic carbocycles. The maximum atomic E-state index is 14.1. The van der Waals surface area contributed by atoms with E-state index in [1.807, 2.05) is 49.5 Å². The number of hydrogen-bond acceptors (Lipinski definition) is 9. The monoisotopic (exact) mass is 646 g/mol. The SMILES string of the molecule is CCOC(=O)[C@@](Cc1ccc(Nc2nccc3ccncc23)cc1)(N=C1C(Br)C(=O)C12CCCCC2)N1CCN(C)CC1. The zero-order chi connectivity index (χ0) is 30.0. The van der Waals surface area contributed by atoms with Crippen molar-refractivity contribution in [3.63, 3.8) is 0 Å². The normalized spacial score (nSPS) is 23.2. The van der Waals surface area contributed by atoms with Crippen molar-refractivity contribution in [3.8, 4) is 0 Å². The van der Waals surface area contributed by atoms with Gasteiger partial charge in [0.05, 0.1) is 17.7 Å². The van der Waals surface area contributed by atoms with Gasteiger partial charge in [0.2, 0.25) is 5.66 Å². The Morgan fingerprint density at radius 1 is 1.09 bits per heavy atom. The number of rotatable bonds is 8. The van der Waals surface area contributed by atoms with E-state index >= 15 is 0 Å². The molecule has 1 spiro atoms. The number of fused-ring (bicyclic) bond motifs is 1. The summed E-state index contributed by atoms with van der Waals surface area (Å²) >= 11 is 3.64. The zero-order valence-electron chi connectivity index (χ0n) is 24.9. The zero-order valence-corrected chi connectivity index (χ0v) is 26.5. The molecule has 1 unspecified atom stereocenters. The van der Waals surface area contributed by atoms with Crippen molar-refractivity contribution in [2.45, 2.75) is 55.9 Å². The number of Topliss-reactive ketones (excluding diaryl/α,β-unsaturated/α-hetero) is 1. The summed E-state index contributed by atoms with van der Waals surface area (Å²) in [5.41, 5.74) is 0.834. The van der Waals surface area contributed by atoms with Crippen LogP contribution in [0.25, 0.3) is 10.8 Å². The van der Waals surface area contributed by atoms with Gasteiger partial charge in [-0.1, -0.05) is 47.3 Å². The Kier molecular flexibility index (Phi) is 8.62. The Morgan fingerprint density at radius 2 is 1.81 bits per heavy atom. The van der Waals surface area contributed by atoms with Gasteiger partial charge in [0, 0.05) is 62.3 Å². The maximum absolute atomic E-state index is 14.1. The minimum atomic E-state index is -1.26. The molecular formula is C33H39BrN6O3. The Balaban J connectivity index is 1.36. The summed E-state index contributed by atoms with van der Waals surface area (Å²) in [4.78, 5) is 45.5. The van der Waals surface area contributed by atoms with E-state index in [0.717, 1.165) is 78.7 Å². The smallest absolute Gasteiger partial charge is 0.349 e. The molecule has 2 saturated carbocycles. The fraction of sp³-hybridized carbons (Fsp3) is 0.485. The van der Waals surface area contributed by atoms with Crippen LogP contribution in [0.2, 0.25) is 0 Å². The van der Waals surface area contributed by atoms with Gasteiger partial charge in [0.25, 0.3) is 0 Å². The lowest BCUT2D eigenvalue weighted by atomic mass is 9.58. The molecule has 0 bridgehead atoms. The van der Waals surface area contributed by atoms with Crippen molar-refractivity contribution in [3.05, 3.63) is 60.6 Å². The number of halogens is 1. The van der Waals surface area contributed by atoms with Crippen LogP contribution >= 0.6 is 15.9 Å². The number of alkyl halides is 1. The van der Waals surface area contributed by atoms with Gasteiger partial charge in [-0.3, -0.25) is 19.7 Å². The summed E-state index contributed by atoms with van der Waals surface area (Å²) in [5.74, 6) is 0.584. The number of ether oxygens (including phenoxy) is 1. The van der Waals surface area contributed by atoms with Crippen molar-refractivity contribution in [1.82, 2.24) is 19.8 Å². The summed E-state index contributed by atoms with van der Waals surface area (Å²) in [5, 5.41) is 5.42. The molecule has 9 nitrogen and oxygen atoms in total. The second kappa shape index (κ2) is 12.4. The molecule has 2 aromatic heterocycles. The lowest BCUT2D eigenvalue weighted by Crippen LogP contribution is -2.66. The van der Waals surface area contributed by atoms with E-state index in [4.69, 9.17) is 9.73 Å². The molecule has 1 aliphatic heterocycles. The van der Waals surface area contributed by atoms with Gasteiger partial charge in [-0.15, -0.1) is 0 Å². The molecule has 3 aromatic rings. The highest BCUT2D eigenvalue weighted by Gasteiger charge is 2.60. The van der Waals surface area contributed by atoms with Gasteiger partial charge in [-0.25, -0.2) is 9.78 Å². The summed E-state index contributed by atoms with van der Waals surface area (Å²) in [6.45, 7) is 5.10. The predicted molar refractivity (Wildman–Crippen MR) is 172 cm³/mol. The minimum absolute atomic E-state index is 0.203. The van der Waals surface area contributed by atoms with E-state index < -0.39 is 15.9 Å². The van der Waals surface area contributed by atoms with Gasteiger partial charge >= 0.3 is 5.97 Å². The molecule has 43 heavy (non-hydrogen) atoms. The first-order chi connectivity index (χ1) is 20.9. The number of carbonyl (C=O) groups excluding carboxylic acids is 2. The molecule has 1 saturated heterocycles. The van der Waals surface area contributed by atoms with E-state index in [-0.39, 0.29) is 18.4 Å². The van der Waals surface area contributed by atoms with E-state index in [0.29, 0.717) is 19.5 Å². The van der Waals surface area contributed by atoms with Gasteiger partial charge in [0.1, 0.15) is 10.6 Å². The number of anilines is 2. The van der Waals surface area contributed by atoms with Crippen LogP contribution in [0.5, 0.6) is 0 Å². The maximum Gasteiger partial charge on any atom is 0.349 e. The third-order valence-corrected chi connectivity index (χ3v) is 10.2. The number of benzene rings is 1. The first kappa shape index (κ1) is 29.8. The Labute approximate surface area is 261 Å². The lowest BCUT2D eigenvalue weighted by molar-refractivity contribution is -0.159. The first-order valence-electron chi connectivity index (χ1n) is 15.3. The quantitative estimate of drug-likeness (QED) is 0.265.